The minimum Gasteiger partial charge on any atom is -0.497 e. The van der Waals surface area contributed by atoms with E-state index in [-0.39, 0.29) is 0 Å². The molecule has 1 aliphatic heterocycles. The van der Waals surface area contributed by atoms with Crippen LogP contribution in [-0.4, -0.2) is 65.2 Å². The summed E-state index contributed by atoms with van der Waals surface area (Å²) in [7, 11) is 1.73. The normalized spacial score (nSPS) is 14.4. The fraction of sp³-hybridized carbons (Fsp3) is 0.280. The van der Waals surface area contributed by atoms with Crippen LogP contribution < -0.4 is 4.74 Å². The zero-order valence-corrected chi connectivity index (χ0v) is 18.1. The van der Waals surface area contributed by atoms with Crippen LogP contribution in [0.5, 0.6) is 5.75 Å². The molecule has 0 atom stereocenters. The molecule has 0 amide bonds. The van der Waals surface area contributed by atoms with Gasteiger partial charge in [0.1, 0.15) is 5.75 Å². The molecule has 168 valence electrons. The molecule has 2 N–H and O–H groups in total. The minimum absolute atomic E-state index is 0.942. The number of hydrogen-bond acceptors (Lipinski definition) is 5. The summed E-state index contributed by atoms with van der Waals surface area (Å²) in [6.45, 7) is 6.52. The Morgan fingerprint density at radius 2 is 1.31 bits per heavy atom. The van der Waals surface area contributed by atoms with E-state index in [2.05, 4.69) is 70.5 Å². The van der Waals surface area contributed by atoms with Crippen molar-refractivity contribution in [2.45, 2.75) is 13.1 Å². The standard InChI is InChI=1S/C23H26N2O.C2H2O4/c1-26-23-8-4-5-19(16-23)17-24-11-13-25(14-12-24)18-20-9-10-21-6-2-3-7-22(21)15-20;3-1(4)2(5)6/h2-10,15-16H,11-14,17-18H2,1H3;(H,3,4)(H,5,6). The van der Waals surface area contributed by atoms with Gasteiger partial charge in [-0.3, -0.25) is 9.80 Å². The Morgan fingerprint density at radius 3 is 1.88 bits per heavy atom. The molecule has 3 aromatic carbocycles. The largest absolute Gasteiger partial charge is 0.497 e. The number of carbonyl (C=O) groups is 2. The molecule has 0 bridgehead atoms. The Labute approximate surface area is 187 Å². The quantitative estimate of drug-likeness (QED) is 0.593. The summed E-state index contributed by atoms with van der Waals surface area (Å²) in [5.41, 5.74) is 2.73. The van der Waals surface area contributed by atoms with Crippen molar-refractivity contribution in [3.8, 4) is 5.75 Å². The highest BCUT2D eigenvalue weighted by Gasteiger charge is 2.17. The first-order chi connectivity index (χ1) is 15.4. The van der Waals surface area contributed by atoms with Gasteiger partial charge in [0.2, 0.25) is 0 Å². The maximum absolute atomic E-state index is 9.10. The first-order valence-electron chi connectivity index (χ1n) is 10.5. The van der Waals surface area contributed by atoms with Gasteiger partial charge in [0.25, 0.3) is 0 Å². The second kappa shape index (κ2) is 11.3. The Morgan fingerprint density at radius 1 is 0.750 bits per heavy atom. The smallest absolute Gasteiger partial charge is 0.414 e. The number of rotatable bonds is 5. The first kappa shape index (κ1) is 23.2. The first-order valence-corrected chi connectivity index (χ1v) is 10.5. The van der Waals surface area contributed by atoms with Crippen LogP contribution in [0.3, 0.4) is 0 Å². The monoisotopic (exact) mass is 436 g/mol. The summed E-state index contributed by atoms with van der Waals surface area (Å²) in [5.74, 6) is -2.71. The van der Waals surface area contributed by atoms with E-state index in [0.717, 1.165) is 45.0 Å². The Balaban J connectivity index is 0.000000427. The summed E-state index contributed by atoms with van der Waals surface area (Å²) in [6, 6.07) is 23.8. The predicted molar refractivity (Wildman–Crippen MR) is 123 cm³/mol. The summed E-state index contributed by atoms with van der Waals surface area (Å²) in [5, 5.41) is 17.4. The van der Waals surface area contributed by atoms with E-state index in [4.69, 9.17) is 24.5 Å². The van der Waals surface area contributed by atoms with Crippen molar-refractivity contribution >= 4 is 22.7 Å². The van der Waals surface area contributed by atoms with Crippen molar-refractivity contribution < 1.29 is 24.5 Å². The van der Waals surface area contributed by atoms with Gasteiger partial charge >= 0.3 is 11.9 Å². The molecule has 4 rings (SSSR count). The van der Waals surface area contributed by atoms with Crippen molar-refractivity contribution in [1.82, 2.24) is 9.80 Å². The highest BCUT2D eigenvalue weighted by atomic mass is 16.5. The van der Waals surface area contributed by atoms with E-state index in [0.29, 0.717) is 0 Å². The summed E-state index contributed by atoms with van der Waals surface area (Å²) >= 11 is 0. The summed E-state index contributed by atoms with van der Waals surface area (Å²) in [6.07, 6.45) is 0. The maximum Gasteiger partial charge on any atom is 0.414 e. The van der Waals surface area contributed by atoms with Gasteiger partial charge in [-0.25, -0.2) is 9.59 Å². The summed E-state index contributed by atoms with van der Waals surface area (Å²) in [4.78, 5) is 23.3. The number of ether oxygens (including phenoxy) is 1. The molecule has 0 aromatic heterocycles. The van der Waals surface area contributed by atoms with Gasteiger partial charge in [0, 0.05) is 39.3 Å². The van der Waals surface area contributed by atoms with Crippen molar-refractivity contribution in [2.24, 2.45) is 0 Å². The van der Waals surface area contributed by atoms with Crippen molar-refractivity contribution in [1.29, 1.82) is 0 Å². The third-order valence-corrected chi connectivity index (χ3v) is 5.41. The molecule has 0 radical (unpaired) electrons. The number of piperazine rings is 1. The fourth-order valence-corrected chi connectivity index (χ4v) is 3.73. The molecule has 0 saturated carbocycles. The van der Waals surface area contributed by atoms with Crippen LogP contribution in [0, 0.1) is 0 Å². The number of benzene rings is 3. The van der Waals surface area contributed by atoms with Crippen LogP contribution in [0.1, 0.15) is 11.1 Å². The molecule has 7 heteroatoms. The van der Waals surface area contributed by atoms with Crippen molar-refractivity contribution in [3.05, 3.63) is 77.9 Å². The second-order valence-corrected chi connectivity index (χ2v) is 7.70. The summed E-state index contributed by atoms with van der Waals surface area (Å²) < 4.78 is 5.33. The third kappa shape index (κ3) is 6.80. The lowest BCUT2D eigenvalue weighted by molar-refractivity contribution is -0.159. The topological polar surface area (TPSA) is 90.3 Å². The van der Waals surface area contributed by atoms with E-state index in [1.165, 1.54) is 21.9 Å². The van der Waals surface area contributed by atoms with Crippen LogP contribution in [0.25, 0.3) is 10.8 Å². The molecule has 1 fully saturated rings. The molecule has 3 aromatic rings. The molecule has 1 aliphatic rings. The van der Waals surface area contributed by atoms with Gasteiger partial charge in [0.15, 0.2) is 0 Å². The highest BCUT2D eigenvalue weighted by Crippen LogP contribution is 2.19. The number of aliphatic carboxylic acids is 2. The van der Waals surface area contributed by atoms with E-state index >= 15 is 0 Å². The van der Waals surface area contributed by atoms with E-state index < -0.39 is 11.9 Å². The Hall–Kier alpha value is -3.42. The zero-order chi connectivity index (χ0) is 22.9. The van der Waals surface area contributed by atoms with Crippen molar-refractivity contribution in [3.63, 3.8) is 0 Å². The lowest BCUT2D eigenvalue weighted by Gasteiger charge is -2.34. The van der Waals surface area contributed by atoms with E-state index in [1.807, 2.05) is 6.07 Å². The third-order valence-electron chi connectivity index (χ3n) is 5.41. The number of carboxylic acid groups (broad SMARTS) is 2. The van der Waals surface area contributed by atoms with Crippen LogP contribution in [0.2, 0.25) is 0 Å². The Bertz CT molecular complexity index is 1050. The van der Waals surface area contributed by atoms with Gasteiger partial charge in [0.05, 0.1) is 7.11 Å². The number of nitrogens with zero attached hydrogens (tertiary/aromatic N) is 2. The van der Waals surface area contributed by atoms with Crippen LogP contribution in [0.15, 0.2) is 66.7 Å². The molecular formula is C25H28N2O5. The van der Waals surface area contributed by atoms with Crippen molar-refractivity contribution in [2.75, 3.05) is 33.3 Å². The van der Waals surface area contributed by atoms with Gasteiger partial charge in [-0.05, 0) is 40.1 Å². The lowest BCUT2D eigenvalue weighted by atomic mass is 10.1. The number of hydrogen-bond donors (Lipinski definition) is 2. The van der Waals surface area contributed by atoms with Crippen LogP contribution in [-0.2, 0) is 22.7 Å². The molecule has 7 nitrogen and oxygen atoms in total. The van der Waals surface area contributed by atoms with Gasteiger partial charge < -0.3 is 14.9 Å². The molecule has 0 spiro atoms. The highest BCUT2D eigenvalue weighted by molar-refractivity contribution is 6.27. The SMILES string of the molecule is COc1cccc(CN2CCN(Cc3ccc4ccccc4c3)CC2)c1.O=C(O)C(=O)O. The molecular weight excluding hydrogens is 408 g/mol. The Kier molecular flexibility index (Phi) is 8.19. The predicted octanol–water partition coefficient (Wildman–Crippen LogP) is 3.32. The van der Waals surface area contributed by atoms with Gasteiger partial charge in [-0.15, -0.1) is 0 Å². The number of fused-ring (bicyclic) bond motifs is 1. The minimum atomic E-state index is -1.82. The number of carboxylic acids is 2. The molecule has 1 heterocycles. The van der Waals surface area contributed by atoms with Gasteiger partial charge in [-0.1, -0.05) is 48.5 Å². The van der Waals surface area contributed by atoms with Gasteiger partial charge in [-0.2, -0.15) is 0 Å². The second-order valence-electron chi connectivity index (χ2n) is 7.70. The lowest BCUT2D eigenvalue weighted by Crippen LogP contribution is -2.45. The molecule has 1 saturated heterocycles. The molecule has 32 heavy (non-hydrogen) atoms. The van der Waals surface area contributed by atoms with E-state index in [9.17, 15) is 0 Å². The van der Waals surface area contributed by atoms with Crippen LogP contribution >= 0.6 is 0 Å². The fourth-order valence-electron chi connectivity index (χ4n) is 3.73. The van der Waals surface area contributed by atoms with E-state index in [1.54, 1.807) is 7.11 Å². The maximum atomic E-state index is 9.10. The number of methoxy groups -OCH3 is 1. The average molecular weight is 437 g/mol. The molecule has 0 unspecified atom stereocenters. The molecule has 0 aliphatic carbocycles. The zero-order valence-electron chi connectivity index (χ0n) is 18.1. The van der Waals surface area contributed by atoms with Crippen LogP contribution in [0.4, 0.5) is 0 Å². The average Bonchev–Trinajstić information content (AvgIpc) is 2.81.